The molecule has 3 atom stereocenters. The van der Waals surface area contributed by atoms with E-state index in [0.717, 1.165) is 30.7 Å². The third kappa shape index (κ3) is 7.40. The van der Waals surface area contributed by atoms with Gasteiger partial charge in [-0.2, -0.15) is 0 Å². The van der Waals surface area contributed by atoms with Crippen LogP contribution in [-0.4, -0.2) is 49.3 Å². The minimum atomic E-state index is -0.289. The summed E-state index contributed by atoms with van der Waals surface area (Å²) in [5, 5.41) is 3.65. The number of likely N-dealkylation sites (tertiary alicyclic amines) is 1. The van der Waals surface area contributed by atoms with Crippen molar-refractivity contribution in [2.45, 2.75) is 44.9 Å². The predicted octanol–water partition coefficient (Wildman–Crippen LogP) is 4.63. The standard InChI is InChI=1S/C25H34ClN3O3/c1-18(2)32-24(19-8-6-10-21(26)14-19)20-9-7-13-29(16-20)25(30)28-15-22(27)17-31-23-11-4-3-5-12-23/h3-6,8,10-12,14,18,20,22,24H,7,9,13,15-17,27H2,1-2H3,(H,28,30)/t20-,22-,24?/m1/s1. The van der Waals surface area contributed by atoms with Gasteiger partial charge in [-0.3, -0.25) is 0 Å². The molecule has 0 bridgehead atoms. The zero-order valence-corrected chi connectivity index (χ0v) is 19.6. The van der Waals surface area contributed by atoms with Crippen molar-refractivity contribution in [3.8, 4) is 5.75 Å². The van der Waals surface area contributed by atoms with Crippen LogP contribution in [0.3, 0.4) is 0 Å². The Labute approximate surface area is 196 Å². The van der Waals surface area contributed by atoms with Gasteiger partial charge in [-0.1, -0.05) is 41.9 Å². The summed E-state index contributed by atoms with van der Waals surface area (Å²) in [6, 6.07) is 16.9. The molecule has 32 heavy (non-hydrogen) atoms. The number of carbonyl (C=O) groups is 1. The van der Waals surface area contributed by atoms with Gasteiger partial charge in [0.25, 0.3) is 0 Å². The van der Waals surface area contributed by atoms with Crippen LogP contribution in [0.25, 0.3) is 0 Å². The van der Waals surface area contributed by atoms with Crippen LogP contribution in [0.15, 0.2) is 54.6 Å². The molecule has 3 N–H and O–H groups in total. The fraction of sp³-hybridized carbons (Fsp3) is 0.480. The Morgan fingerprint density at radius 1 is 1.22 bits per heavy atom. The number of carbonyl (C=O) groups excluding carboxylic acids is 1. The quantitative estimate of drug-likeness (QED) is 0.573. The topological polar surface area (TPSA) is 76.8 Å². The highest BCUT2D eigenvalue weighted by atomic mass is 35.5. The molecule has 2 aromatic rings. The monoisotopic (exact) mass is 459 g/mol. The van der Waals surface area contributed by atoms with Crippen molar-refractivity contribution in [2.75, 3.05) is 26.2 Å². The van der Waals surface area contributed by atoms with E-state index in [1.165, 1.54) is 0 Å². The van der Waals surface area contributed by atoms with Crippen LogP contribution in [0, 0.1) is 5.92 Å². The van der Waals surface area contributed by atoms with Crippen LogP contribution < -0.4 is 15.8 Å². The van der Waals surface area contributed by atoms with Gasteiger partial charge in [-0.05, 0) is 56.5 Å². The summed E-state index contributed by atoms with van der Waals surface area (Å²) >= 11 is 6.23. The van der Waals surface area contributed by atoms with Crippen molar-refractivity contribution >= 4 is 17.6 Å². The molecule has 174 valence electrons. The molecule has 2 aromatic carbocycles. The number of nitrogens with one attached hydrogen (secondary N) is 1. The van der Waals surface area contributed by atoms with Crippen LogP contribution >= 0.6 is 11.6 Å². The van der Waals surface area contributed by atoms with Gasteiger partial charge < -0.3 is 25.4 Å². The molecule has 0 saturated carbocycles. The number of para-hydroxylation sites is 1. The second-order valence-corrected chi connectivity index (χ2v) is 9.02. The molecule has 1 unspecified atom stereocenters. The number of hydrogen-bond donors (Lipinski definition) is 2. The minimum Gasteiger partial charge on any atom is -0.492 e. The lowest BCUT2D eigenvalue weighted by Crippen LogP contribution is -2.50. The lowest BCUT2D eigenvalue weighted by molar-refractivity contribution is -0.0433. The SMILES string of the molecule is CC(C)OC(c1cccc(Cl)c1)[C@@H]1CCCN(C(=O)NC[C@@H](N)COc2ccccc2)C1. The third-order valence-corrected chi connectivity index (χ3v) is 5.73. The van der Waals surface area contributed by atoms with Crippen molar-refractivity contribution < 1.29 is 14.3 Å². The molecule has 0 aromatic heterocycles. The number of amides is 2. The maximum atomic E-state index is 12.8. The Morgan fingerprint density at radius 2 is 2.00 bits per heavy atom. The number of ether oxygens (including phenoxy) is 2. The molecule has 0 spiro atoms. The van der Waals surface area contributed by atoms with E-state index in [9.17, 15) is 4.79 Å². The van der Waals surface area contributed by atoms with Crippen LogP contribution in [-0.2, 0) is 4.74 Å². The van der Waals surface area contributed by atoms with Gasteiger partial charge in [0.05, 0.1) is 18.2 Å². The Bertz CT molecular complexity index is 849. The summed E-state index contributed by atoms with van der Waals surface area (Å²) < 4.78 is 11.9. The summed E-state index contributed by atoms with van der Waals surface area (Å²) in [6.45, 7) is 6.11. The van der Waals surface area contributed by atoms with Gasteiger partial charge in [0.2, 0.25) is 0 Å². The number of urea groups is 1. The number of nitrogens with two attached hydrogens (primary N) is 1. The first-order valence-corrected chi connectivity index (χ1v) is 11.7. The van der Waals surface area contributed by atoms with Gasteiger partial charge in [-0.25, -0.2) is 4.79 Å². The number of halogens is 1. The van der Waals surface area contributed by atoms with Crippen molar-refractivity contribution in [1.29, 1.82) is 0 Å². The average molecular weight is 460 g/mol. The van der Waals surface area contributed by atoms with E-state index in [2.05, 4.69) is 5.32 Å². The Balaban J connectivity index is 1.53. The molecule has 1 fully saturated rings. The van der Waals surface area contributed by atoms with E-state index < -0.39 is 0 Å². The van der Waals surface area contributed by atoms with Crippen molar-refractivity contribution in [3.05, 3.63) is 65.2 Å². The molecular weight excluding hydrogens is 426 g/mol. The summed E-state index contributed by atoms with van der Waals surface area (Å²) in [5.41, 5.74) is 7.18. The highest BCUT2D eigenvalue weighted by molar-refractivity contribution is 6.30. The van der Waals surface area contributed by atoms with Crippen LogP contribution in [0.5, 0.6) is 5.75 Å². The fourth-order valence-electron chi connectivity index (χ4n) is 3.99. The molecule has 6 nitrogen and oxygen atoms in total. The highest BCUT2D eigenvalue weighted by Crippen LogP contribution is 2.34. The van der Waals surface area contributed by atoms with Crippen LogP contribution in [0.2, 0.25) is 5.02 Å². The summed E-state index contributed by atoms with van der Waals surface area (Å²) in [7, 11) is 0. The molecule has 2 amide bonds. The molecule has 7 heteroatoms. The second kappa shape index (κ2) is 12.1. The predicted molar refractivity (Wildman–Crippen MR) is 128 cm³/mol. The average Bonchev–Trinajstić information content (AvgIpc) is 2.80. The zero-order valence-electron chi connectivity index (χ0n) is 18.9. The molecule has 0 aliphatic carbocycles. The molecule has 0 radical (unpaired) electrons. The van der Waals surface area contributed by atoms with Crippen molar-refractivity contribution in [1.82, 2.24) is 10.2 Å². The summed E-state index contributed by atoms with van der Waals surface area (Å²) in [6.07, 6.45) is 1.90. The van der Waals surface area contributed by atoms with E-state index in [4.69, 9.17) is 26.8 Å². The Morgan fingerprint density at radius 3 is 2.72 bits per heavy atom. The first-order chi connectivity index (χ1) is 15.4. The smallest absolute Gasteiger partial charge is 0.317 e. The first-order valence-electron chi connectivity index (χ1n) is 11.3. The largest absolute Gasteiger partial charge is 0.492 e. The lowest BCUT2D eigenvalue weighted by atomic mass is 9.88. The molecule has 1 saturated heterocycles. The second-order valence-electron chi connectivity index (χ2n) is 8.58. The summed E-state index contributed by atoms with van der Waals surface area (Å²) in [4.78, 5) is 14.7. The molecule has 3 rings (SSSR count). The molecule has 1 aliphatic rings. The normalized spacial score (nSPS) is 18.3. The maximum Gasteiger partial charge on any atom is 0.317 e. The first kappa shape index (κ1) is 24.4. The zero-order chi connectivity index (χ0) is 22.9. The number of hydrogen-bond acceptors (Lipinski definition) is 4. The van der Waals surface area contributed by atoms with Gasteiger partial charge >= 0.3 is 6.03 Å². The van der Waals surface area contributed by atoms with E-state index >= 15 is 0 Å². The van der Waals surface area contributed by atoms with E-state index in [-0.39, 0.29) is 30.2 Å². The maximum absolute atomic E-state index is 12.8. The van der Waals surface area contributed by atoms with Gasteiger partial charge in [0, 0.05) is 30.6 Å². The van der Waals surface area contributed by atoms with E-state index in [0.29, 0.717) is 24.7 Å². The molecule has 1 aliphatic heterocycles. The Kier molecular flexibility index (Phi) is 9.21. The van der Waals surface area contributed by atoms with Crippen molar-refractivity contribution in [2.24, 2.45) is 11.7 Å². The van der Waals surface area contributed by atoms with E-state index in [1.807, 2.05) is 73.3 Å². The van der Waals surface area contributed by atoms with Crippen LogP contribution in [0.1, 0.15) is 38.4 Å². The minimum absolute atomic E-state index is 0.0748. The summed E-state index contributed by atoms with van der Waals surface area (Å²) in [5.74, 6) is 0.968. The number of rotatable bonds is 9. The van der Waals surface area contributed by atoms with E-state index in [1.54, 1.807) is 0 Å². The van der Waals surface area contributed by atoms with Crippen LogP contribution in [0.4, 0.5) is 4.79 Å². The highest BCUT2D eigenvalue weighted by Gasteiger charge is 2.32. The lowest BCUT2D eigenvalue weighted by Gasteiger charge is -2.38. The van der Waals surface area contributed by atoms with Gasteiger partial charge in [-0.15, -0.1) is 0 Å². The molecular formula is C25H34ClN3O3. The van der Waals surface area contributed by atoms with Gasteiger partial charge in [0.15, 0.2) is 0 Å². The number of piperidine rings is 1. The number of nitrogens with zero attached hydrogens (tertiary/aromatic N) is 1. The number of benzene rings is 2. The van der Waals surface area contributed by atoms with Crippen molar-refractivity contribution in [3.63, 3.8) is 0 Å². The third-order valence-electron chi connectivity index (χ3n) is 5.49. The Hall–Kier alpha value is -2.28. The fourth-order valence-corrected chi connectivity index (χ4v) is 4.19. The molecule has 1 heterocycles. The van der Waals surface area contributed by atoms with Gasteiger partial charge in [0.1, 0.15) is 12.4 Å².